The van der Waals surface area contributed by atoms with Crippen LogP contribution in [0.5, 0.6) is 0 Å². The lowest BCUT2D eigenvalue weighted by Crippen LogP contribution is -2.47. The molecule has 1 fully saturated rings. The summed E-state index contributed by atoms with van der Waals surface area (Å²) in [4.78, 5) is 13.4. The first-order chi connectivity index (χ1) is 10.6. The molecular formula is C14H15N3O3S2. The van der Waals surface area contributed by atoms with Crippen molar-refractivity contribution in [2.45, 2.75) is 4.21 Å². The molecule has 0 saturated carbocycles. The number of thiophene rings is 1. The van der Waals surface area contributed by atoms with Crippen molar-refractivity contribution in [3.8, 4) is 0 Å². The van der Waals surface area contributed by atoms with E-state index in [1.54, 1.807) is 29.6 Å². The second-order valence-electron chi connectivity index (χ2n) is 4.83. The van der Waals surface area contributed by atoms with Gasteiger partial charge in [-0.25, -0.2) is 8.42 Å². The van der Waals surface area contributed by atoms with Gasteiger partial charge in [0.25, 0.3) is 10.0 Å². The number of benzene rings is 1. The fraction of sp³-hybridized carbons (Fsp3) is 0.214. The number of para-hydroxylation sites is 2. The Labute approximate surface area is 132 Å². The van der Waals surface area contributed by atoms with Gasteiger partial charge in [-0.15, -0.1) is 11.3 Å². The van der Waals surface area contributed by atoms with Crippen molar-refractivity contribution in [2.24, 2.45) is 0 Å². The molecule has 116 valence electrons. The van der Waals surface area contributed by atoms with Crippen LogP contribution in [-0.4, -0.2) is 34.0 Å². The normalized spacial score (nSPS) is 15.5. The highest BCUT2D eigenvalue weighted by atomic mass is 32.2. The van der Waals surface area contributed by atoms with Crippen molar-refractivity contribution < 1.29 is 13.2 Å². The molecule has 0 radical (unpaired) electrons. The smallest absolute Gasteiger partial charge is 0.271 e. The molecule has 2 heterocycles. The van der Waals surface area contributed by atoms with E-state index in [-0.39, 0.29) is 16.7 Å². The van der Waals surface area contributed by atoms with Crippen molar-refractivity contribution in [1.82, 2.24) is 5.32 Å². The van der Waals surface area contributed by atoms with Crippen LogP contribution in [0.2, 0.25) is 0 Å². The predicted octanol–water partition coefficient (Wildman–Crippen LogP) is 1.49. The number of hydrogen-bond donors (Lipinski definition) is 2. The third kappa shape index (κ3) is 3.07. The highest BCUT2D eigenvalue weighted by Crippen LogP contribution is 2.29. The first-order valence-electron chi connectivity index (χ1n) is 6.73. The van der Waals surface area contributed by atoms with Gasteiger partial charge in [0.05, 0.1) is 17.9 Å². The molecule has 3 rings (SSSR count). The summed E-state index contributed by atoms with van der Waals surface area (Å²) in [5.74, 6) is -0.0674. The minimum Gasteiger partial charge on any atom is -0.359 e. The molecule has 2 N–H and O–H groups in total. The number of carbonyl (C=O) groups is 1. The van der Waals surface area contributed by atoms with Crippen LogP contribution in [0.3, 0.4) is 0 Å². The lowest BCUT2D eigenvalue weighted by Gasteiger charge is -2.30. The van der Waals surface area contributed by atoms with Gasteiger partial charge in [-0.3, -0.25) is 9.52 Å². The van der Waals surface area contributed by atoms with Crippen molar-refractivity contribution in [2.75, 3.05) is 29.3 Å². The van der Waals surface area contributed by atoms with Crippen LogP contribution in [0, 0.1) is 0 Å². The summed E-state index contributed by atoms with van der Waals surface area (Å²) >= 11 is 1.16. The minimum atomic E-state index is -3.60. The highest BCUT2D eigenvalue weighted by Gasteiger charge is 2.22. The molecule has 8 heteroatoms. The van der Waals surface area contributed by atoms with E-state index in [1.165, 1.54) is 0 Å². The number of nitrogens with zero attached hydrogens (tertiary/aromatic N) is 1. The van der Waals surface area contributed by atoms with Gasteiger partial charge < -0.3 is 10.2 Å². The first kappa shape index (κ1) is 14.9. The third-order valence-corrected chi connectivity index (χ3v) is 6.05. The Kier molecular flexibility index (Phi) is 4.04. The van der Waals surface area contributed by atoms with Gasteiger partial charge in [0.2, 0.25) is 5.91 Å². The molecule has 0 spiro atoms. The standard InChI is InChI=1S/C14H15N3O3S2/c18-13-10-17(8-7-15-13)12-5-2-1-4-11(12)16-22(19,20)14-6-3-9-21-14/h1-6,9,16H,7-8,10H2,(H,15,18). The molecule has 1 aliphatic rings. The van der Waals surface area contributed by atoms with E-state index in [9.17, 15) is 13.2 Å². The average molecular weight is 337 g/mol. The fourth-order valence-corrected chi connectivity index (χ4v) is 4.36. The summed E-state index contributed by atoms with van der Waals surface area (Å²) in [6.45, 7) is 1.41. The van der Waals surface area contributed by atoms with E-state index in [2.05, 4.69) is 10.0 Å². The number of rotatable bonds is 4. The number of sulfonamides is 1. The predicted molar refractivity (Wildman–Crippen MR) is 86.8 cm³/mol. The largest absolute Gasteiger partial charge is 0.359 e. The summed E-state index contributed by atoms with van der Waals surface area (Å²) < 4.78 is 27.6. The highest BCUT2D eigenvalue weighted by molar-refractivity contribution is 7.94. The zero-order valence-corrected chi connectivity index (χ0v) is 13.3. The van der Waals surface area contributed by atoms with Gasteiger partial charge in [0, 0.05) is 13.1 Å². The maximum Gasteiger partial charge on any atom is 0.271 e. The van der Waals surface area contributed by atoms with Crippen molar-refractivity contribution in [3.63, 3.8) is 0 Å². The molecule has 6 nitrogen and oxygen atoms in total. The molecule has 0 bridgehead atoms. The number of nitrogens with one attached hydrogen (secondary N) is 2. The Hall–Kier alpha value is -2.06. The van der Waals surface area contributed by atoms with Crippen LogP contribution in [0.4, 0.5) is 11.4 Å². The molecule has 0 aliphatic carbocycles. The maximum atomic E-state index is 12.4. The SMILES string of the molecule is O=C1CN(c2ccccc2NS(=O)(=O)c2cccs2)CCN1. The van der Waals surface area contributed by atoms with Gasteiger partial charge in [0.15, 0.2) is 0 Å². The quantitative estimate of drug-likeness (QED) is 0.886. The van der Waals surface area contributed by atoms with E-state index < -0.39 is 10.0 Å². The summed E-state index contributed by atoms with van der Waals surface area (Å²) in [6.07, 6.45) is 0. The molecule has 1 saturated heterocycles. The molecule has 0 unspecified atom stereocenters. The number of amides is 1. The second kappa shape index (κ2) is 5.98. The van der Waals surface area contributed by atoms with E-state index >= 15 is 0 Å². The summed E-state index contributed by atoms with van der Waals surface area (Å²) in [7, 11) is -3.60. The van der Waals surface area contributed by atoms with E-state index in [1.807, 2.05) is 17.0 Å². The van der Waals surface area contributed by atoms with Gasteiger partial charge in [-0.1, -0.05) is 18.2 Å². The Morgan fingerprint density at radius 1 is 1.18 bits per heavy atom. The van der Waals surface area contributed by atoms with Crippen LogP contribution >= 0.6 is 11.3 Å². The van der Waals surface area contributed by atoms with E-state index in [0.29, 0.717) is 24.5 Å². The molecule has 2 aromatic rings. The molecule has 1 aromatic carbocycles. The maximum absolute atomic E-state index is 12.4. The van der Waals surface area contributed by atoms with Crippen LogP contribution in [0.15, 0.2) is 46.0 Å². The lowest BCUT2D eigenvalue weighted by molar-refractivity contribution is -0.120. The second-order valence-corrected chi connectivity index (χ2v) is 7.68. The molecule has 1 aliphatic heterocycles. The number of anilines is 2. The Morgan fingerprint density at radius 2 is 2.00 bits per heavy atom. The van der Waals surface area contributed by atoms with Gasteiger partial charge in [-0.05, 0) is 23.6 Å². The summed E-state index contributed by atoms with van der Waals surface area (Å²) in [5, 5.41) is 4.47. The van der Waals surface area contributed by atoms with Crippen molar-refractivity contribution in [1.29, 1.82) is 0 Å². The monoisotopic (exact) mass is 337 g/mol. The molecule has 0 atom stereocenters. The lowest BCUT2D eigenvalue weighted by atomic mass is 10.2. The van der Waals surface area contributed by atoms with E-state index in [4.69, 9.17) is 0 Å². The zero-order chi connectivity index (χ0) is 15.6. The van der Waals surface area contributed by atoms with Gasteiger partial charge in [-0.2, -0.15) is 0 Å². The molecular weight excluding hydrogens is 322 g/mol. The number of piperazine rings is 1. The van der Waals surface area contributed by atoms with Gasteiger partial charge >= 0.3 is 0 Å². The average Bonchev–Trinajstić information content (AvgIpc) is 3.02. The zero-order valence-electron chi connectivity index (χ0n) is 11.7. The summed E-state index contributed by atoms with van der Waals surface area (Å²) in [6, 6.07) is 10.4. The third-order valence-electron chi connectivity index (χ3n) is 3.29. The number of carbonyl (C=O) groups excluding carboxylic acids is 1. The van der Waals surface area contributed by atoms with Crippen molar-refractivity contribution >= 4 is 38.6 Å². The van der Waals surface area contributed by atoms with Crippen LogP contribution in [-0.2, 0) is 14.8 Å². The molecule has 22 heavy (non-hydrogen) atoms. The first-order valence-corrected chi connectivity index (χ1v) is 9.09. The van der Waals surface area contributed by atoms with E-state index in [0.717, 1.165) is 11.3 Å². The van der Waals surface area contributed by atoms with Gasteiger partial charge in [0.1, 0.15) is 4.21 Å². The van der Waals surface area contributed by atoms with Crippen molar-refractivity contribution in [3.05, 3.63) is 41.8 Å². The Balaban J connectivity index is 1.90. The Morgan fingerprint density at radius 3 is 2.73 bits per heavy atom. The molecule has 1 aromatic heterocycles. The Bertz CT molecular complexity index is 772. The number of hydrogen-bond acceptors (Lipinski definition) is 5. The van der Waals surface area contributed by atoms with Crippen LogP contribution in [0.1, 0.15) is 0 Å². The van der Waals surface area contributed by atoms with Crippen LogP contribution in [0.25, 0.3) is 0 Å². The summed E-state index contributed by atoms with van der Waals surface area (Å²) in [5.41, 5.74) is 1.18. The fourth-order valence-electron chi connectivity index (χ4n) is 2.29. The molecule has 1 amide bonds. The van der Waals surface area contributed by atoms with Crippen LogP contribution < -0.4 is 14.9 Å². The minimum absolute atomic E-state index is 0.0674. The topological polar surface area (TPSA) is 78.5 Å².